The lowest BCUT2D eigenvalue weighted by Gasteiger charge is -2.25. The van der Waals surface area contributed by atoms with Crippen LogP contribution in [0.3, 0.4) is 0 Å². The Morgan fingerprint density at radius 3 is 2.36 bits per heavy atom. The Kier molecular flexibility index (Phi) is 2.87. The van der Waals surface area contributed by atoms with E-state index in [0.717, 1.165) is 6.07 Å². The van der Waals surface area contributed by atoms with Crippen LogP contribution in [0, 0.1) is 0 Å². The first-order valence-corrected chi connectivity index (χ1v) is 4.46. The van der Waals surface area contributed by atoms with Crippen LogP contribution in [0.5, 0.6) is 0 Å². The van der Waals surface area contributed by atoms with Crippen molar-refractivity contribution in [2.75, 3.05) is 0 Å². The van der Waals surface area contributed by atoms with Gasteiger partial charge in [0.2, 0.25) is 0 Å². The number of aromatic nitrogens is 1. The van der Waals surface area contributed by atoms with Gasteiger partial charge in [-0.15, -0.1) is 0 Å². The normalized spacial score (nSPS) is 16.4. The second kappa shape index (κ2) is 3.51. The minimum atomic E-state index is -4.74. The molecule has 0 amide bonds. The van der Waals surface area contributed by atoms with Crippen LogP contribution in [0.2, 0.25) is 0 Å². The van der Waals surface area contributed by atoms with Crippen LogP contribution >= 0.6 is 15.9 Å². The smallest absolute Gasteiger partial charge is 0.375 e. The van der Waals surface area contributed by atoms with Gasteiger partial charge in [0, 0.05) is 0 Å². The summed E-state index contributed by atoms with van der Waals surface area (Å²) in [5, 5.41) is 9.24. The second-order valence-electron chi connectivity index (χ2n) is 2.92. The van der Waals surface area contributed by atoms with E-state index < -0.39 is 17.5 Å². The lowest BCUT2D eigenvalue weighted by atomic mass is 10.0. The second-order valence-corrected chi connectivity index (χ2v) is 3.73. The molecule has 0 aliphatic rings. The maximum absolute atomic E-state index is 12.3. The highest BCUT2D eigenvalue weighted by atomic mass is 79.9. The van der Waals surface area contributed by atoms with Crippen molar-refractivity contribution in [3.63, 3.8) is 0 Å². The zero-order chi connectivity index (χ0) is 11.0. The summed E-state index contributed by atoms with van der Waals surface area (Å²) in [6.45, 7) is 0.668. The van der Waals surface area contributed by atoms with Crippen LogP contribution < -0.4 is 0 Å². The van der Waals surface area contributed by atoms with E-state index in [0.29, 0.717) is 6.92 Å². The fourth-order valence-electron chi connectivity index (χ4n) is 0.825. The molecule has 0 radical (unpaired) electrons. The molecule has 0 unspecified atom stereocenters. The highest BCUT2D eigenvalue weighted by molar-refractivity contribution is 9.10. The summed E-state index contributed by atoms with van der Waals surface area (Å²) >= 11 is 2.93. The molecule has 0 aliphatic heterocycles. The summed E-state index contributed by atoms with van der Waals surface area (Å²) in [7, 11) is 0. The summed E-state index contributed by atoms with van der Waals surface area (Å²) < 4.78 is 37.3. The van der Waals surface area contributed by atoms with E-state index in [2.05, 4.69) is 20.9 Å². The van der Waals surface area contributed by atoms with Crippen molar-refractivity contribution in [1.29, 1.82) is 0 Å². The molecule has 0 saturated heterocycles. The summed E-state index contributed by atoms with van der Waals surface area (Å²) in [6.07, 6.45) is -4.74. The van der Waals surface area contributed by atoms with Crippen molar-refractivity contribution in [2.45, 2.75) is 18.7 Å². The Hall–Kier alpha value is -0.620. The fraction of sp³-hybridized carbons (Fsp3) is 0.375. The van der Waals surface area contributed by atoms with E-state index in [1.54, 1.807) is 0 Å². The van der Waals surface area contributed by atoms with Gasteiger partial charge in [-0.05, 0) is 35.0 Å². The highest BCUT2D eigenvalue weighted by Crippen LogP contribution is 2.37. The predicted molar refractivity (Wildman–Crippen MR) is 47.6 cm³/mol. The van der Waals surface area contributed by atoms with E-state index in [4.69, 9.17) is 0 Å². The van der Waals surface area contributed by atoms with Crippen molar-refractivity contribution in [1.82, 2.24) is 4.98 Å². The first-order chi connectivity index (χ1) is 6.25. The Balaban J connectivity index is 3.16. The molecule has 1 heterocycles. The molecule has 14 heavy (non-hydrogen) atoms. The van der Waals surface area contributed by atoms with Crippen LogP contribution in [0.15, 0.2) is 22.8 Å². The number of rotatable bonds is 1. The van der Waals surface area contributed by atoms with Gasteiger partial charge in [0.05, 0.1) is 5.69 Å². The van der Waals surface area contributed by atoms with E-state index in [1.807, 2.05) is 0 Å². The van der Waals surface area contributed by atoms with E-state index in [9.17, 15) is 18.3 Å². The van der Waals surface area contributed by atoms with Gasteiger partial charge in [0.1, 0.15) is 4.60 Å². The summed E-state index contributed by atoms with van der Waals surface area (Å²) in [6, 6.07) is 3.99. The van der Waals surface area contributed by atoms with Gasteiger partial charge in [-0.3, -0.25) is 0 Å². The zero-order valence-corrected chi connectivity index (χ0v) is 8.72. The summed E-state index contributed by atoms with van der Waals surface area (Å²) in [4.78, 5) is 3.56. The molecule has 0 spiro atoms. The number of halogens is 4. The first kappa shape index (κ1) is 11.5. The van der Waals surface area contributed by atoms with E-state index in [1.165, 1.54) is 12.1 Å². The Bertz CT molecular complexity index is 338. The van der Waals surface area contributed by atoms with Crippen LogP contribution in [0.1, 0.15) is 12.6 Å². The third-order valence-electron chi connectivity index (χ3n) is 1.77. The van der Waals surface area contributed by atoms with Crippen LogP contribution in [0.25, 0.3) is 0 Å². The van der Waals surface area contributed by atoms with Crippen molar-refractivity contribution in [3.8, 4) is 0 Å². The molecule has 78 valence electrons. The molecule has 0 aliphatic carbocycles. The number of hydrogen-bond donors (Lipinski definition) is 1. The standard InChI is InChI=1S/C8H7BrF3NO/c1-7(14,8(10,11)12)5-3-2-4-6(9)13-5/h2-4,14H,1H3/t7-/m1/s1. The Labute approximate surface area is 86.9 Å². The van der Waals surface area contributed by atoms with Gasteiger partial charge in [-0.25, -0.2) is 4.98 Å². The third kappa shape index (κ3) is 2.06. The van der Waals surface area contributed by atoms with Gasteiger partial charge < -0.3 is 5.11 Å². The summed E-state index contributed by atoms with van der Waals surface area (Å²) in [5.74, 6) is 0. The Morgan fingerprint density at radius 2 is 1.93 bits per heavy atom. The lowest BCUT2D eigenvalue weighted by Crippen LogP contribution is -2.39. The number of aliphatic hydroxyl groups is 1. The molecule has 1 aromatic rings. The molecule has 1 N–H and O–H groups in total. The molecule has 6 heteroatoms. The SMILES string of the molecule is C[C@@](O)(c1cccc(Br)n1)C(F)(F)F. The Morgan fingerprint density at radius 1 is 1.36 bits per heavy atom. The van der Waals surface area contributed by atoms with Crippen molar-refractivity contribution >= 4 is 15.9 Å². The number of alkyl halides is 3. The maximum atomic E-state index is 12.3. The van der Waals surface area contributed by atoms with Crippen LogP contribution in [-0.4, -0.2) is 16.3 Å². The molecular weight excluding hydrogens is 263 g/mol. The minimum Gasteiger partial charge on any atom is -0.375 e. The van der Waals surface area contributed by atoms with Crippen LogP contribution in [-0.2, 0) is 5.60 Å². The molecule has 1 atom stereocenters. The molecule has 0 bridgehead atoms. The average molecular weight is 270 g/mol. The van der Waals surface area contributed by atoms with Gasteiger partial charge in [-0.1, -0.05) is 6.07 Å². The van der Waals surface area contributed by atoms with Crippen LogP contribution in [0.4, 0.5) is 13.2 Å². The van der Waals surface area contributed by atoms with Crippen molar-refractivity contribution < 1.29 is 18.3 Å². The number of nitrogens with zero attached hydrogens (tertiary/aromatic N) is 1. The number of hydrogen-bond acceptors (Lipinski definition) is 2. The predicted octanol–water partition coefficient (Wildman–Crippen LogP) is 2.61. The molecule has 2 nitrogen and oxygen atoms in total. The van der Waals surface area contributed by atoms with Gasteiger partial charge >= 0.3 is 6.18 Å². The molecule has 0 saturated carbocycles. The lowest BCUT2D eigenvalue weighted by molar-refractivity contribution is -0.260. The quantitative estimate of drug-likeness (QED) is 0.796. The topological polar surface area (TPSA) is 33.1 Å². The maximum Gasteiger partial charge on any atom is 0.422 e. The largest absolute Gasteiger partial charge is 0.422 e. The number of pyridine rings is 1. The molecule has 1 rings (SSSR count). The van der Waals surface area contributed by atoms with Crippen molar-refractivity contribution in [2.24, 2.45) is 0 Å². The van der Waals surface area contributed by atoms with E-state index in [-0.39, 0.29) is 4.60 Å². The fourth-order valence-corrected chi connectivity index (χ4v) is 1.17. The minimum absolute atomic E-state index is 0.250. The third-order valence-corrected chi connectivity index (χ3v) is 2.21. The summed E-state index contributed by atoms with van der Waals surface area (Å²) in [5.41, 5.74) is -3.35. The van der Waals surface area contributed by atoms with Gasteiger partial charge in [-0.2, -0.15) is 13.2 Å². The zero-order valence-electron chi connectivity index (χ0n) is 7.14. The average Bonchev–Trinajstić information content (AvgIpc) is 2.02. The molecule has 0 fully saturated rings. The first-order valence-electron chi connectivity index (χ1n) is 3.67. The highest BCUT2D eigenvalue weighted by Gasteiger charge is 2.52. The van der Waals surface area contributed by atoms with Crippen molar-refractivity contribution in [3.05, 3.63) is 28.5 Å². The molecule has 1 aromatic heterocycles. The van der Waals surface area contributed by atoms with Gasteiger partial charge in [0.25, 0.3) is 0 Å². The van der Waals surface area contributed by atoms with E-state index >= 15 is 0 Å². The molecule has 0 aromatic carbocycles. The monoisotopic (exact) mass is 269 g/mol. The van der Waals surface area contributed by atoms with Gasteiger partial charge in [0.15, 0.2) is 5.60 Å². The molecular formula is C8H7BrF3NO.